The van der Waals surface area contributed by atoms with Gasteiger partial charge in [0.25, 0.3) is 0 Å². The second kappa shape index (κ2) is 8.37. The molecule has 0 fully saturated rings. The van der Waals surface area contributed by atoms with Crippen LogP contribution in [0.1, 0.15) is 25.3 Å². The van der Waals surface area contributed by atoms with Gasteiger partial charge in [-0.1, -0.05) is 19.8 Å². The molecular weight excluding hydrogens is 279 g/mol. The van der Waals surface area contributed by atoms with Gasteiger partial charge in [-0.2, -0.15) is 23.8 Å². The molecule has 0 atom stereocenters. The van der Waals surface area contributed by atoms with Crippen LogP contribution in [-0.2, 0) is 17.1 Å². The number of halogens is 1. The van der Waals surface area contributed by atoms with E-state index in [0.29, 0.717) is 16.7 Å². The molecular formula is C13H15ClFeO2. The molecule has 0 amide bonds. The fourth-order valence-corrected chi connectivity index (χ4v) is 1.67. The molecule has 0 spiro atoms. The molecule has 0 heterocycles. The van der Waals surface area contributed by atoms with Crippen molar-refractivity contribution in [3.8, 4) is 5.75 Å². The van der Waals surface area contributed by atoms with E-state index in [1.165, 1.54) is 0 Å². The molecule has 1 N–H and O–H groups in total. The molecule has 0 saturated heterocycles. The molecule has 4 heteroatoms. The first-order valence-electron chi connectivity index (χ1n) is 5.10. The van der Waals surface area contributed by atoms with Gasteiger partial charge < -0.3 is 4.89 Å². The Hall–Kier alpha value is -0.731. The summed E-state index contributed by atoms with van der Waals surface area (Å²) >= 11 is 5.83. The van der Waals surface area contributed by atoms with Gasteiger partial charge in [-0.15, -0.1) is 17.7 Å². The van der Waals surface area contributed by atoms with Crippen LogP contribution in [0.4, 0.5) is 0 Å². The van der Waals surface area contributed by atoms with Gasteiger partial charge in [0.2, 0.25) is 0 Å². The van der Waals surface area contributed by atoms with Gasteiger partial charge in [0, 0.05) is 0 Å². The Labute approximate surface area is 117 Å². The minimum absolute atomic E-state index is 0. The van der Waals surface area contributed by atoms with Crippen molar-refractivity contribution in [1.82, 2.24) is 0 Å². The Kier molecular flexibility index (Phi) is 8.01. The molecule has 0 aliphatic heterocycles. The maximum absolute atomic E-state index is 8.33. The third-order valence-corrected chi connectivity index (χ3v) is 2.56. The van der Waals surface area contributed by atoms with Crippen LogP contribution in [-0.4, -0.2) is 5.26 Å². The van der Waals surface area contributed by atoms with Crippen molar-refractivity contribution in [3.05, 3.63) is 53.1 Å². The minimum atomic E-state index is 0. The van der Waals surface area contributed by atoms with Crippen molar-refractivity contribution in [2.45, 2.75) is 19.8 Å². The molecule has 0 radical (unpaired) electrons. The predicted octanol–water partition coefficient (Wildman–Crippen LogP) is 4.44. The molecule has 2 rings (SSSR count). The maximum Gasteiger partial charge on any atom is 2.00 e. The third-order valence-electron chi connectivity index (χ3n) is 2.16. The van der Waals surface area contributed by atoms with Crippen LogP contribution in [0.3, 0.4) is 0 Å². The summed E-state index contributed by atoms with van der Waals surface area (Å²) in [5.74, 6) is 0.682. The van der Waals surface area contributed by atoms with Crippen LogP contribution in [0, 0.1) is 0 Å². The maximum atomic E-state index is 8.33. The summed E-state index contributed by atoms with van der Waals surface area (Å²) < 4.78 is 0. The summed E-state index contributed by atoms with van der Waals surface area (Å²) in [7, 11) is 0. The van der Waals surface area contributed by atoms with Crippen molar-refractivity contribution in [3.63, 3.8) is 0 Å². The number of hydrogen-bond donors (Lipinski definition) is 1. The largest absolute Gasteiger partial charge is 2.00 e. The first-order chi connectivity index (χ1) is 7.66. The molecule has 2 aromatic carbocycles. The van der Waals surface area contributed by atoms with E-state index in [9.17, 15) is 0 Å². The average molecular weight is 295 g/mol. The van der Waals surface area contributed by atoms with E-state index in [1.807, 2.05) is 50.2 Å². The standard InChI is InChI=1S/C8H10ClO2.C5H5.Fe/c1-5(2)6-3-4-7(11-10)8(6)9;1-2-4-5-3-1;/h3-5,10H,1-2H3;1-5H;/q2*-1;+2. The molecule has 0 unspecified atom stereocenters. The van der Waals surface area contributed by atoms with Crippen molar-refractivity contribution in [1.29, 1.82) is 0 Å². The predicted molar refractivity (Wildman–Crippen MR) is 66.4 cm³/mol. The number of hydrogen-bond acceptors (Lipinski definition) is 2. The van der Waals surface area contributed by atoms with E-state index in [1.54, 1.807) is 6.07 Å². The molecule has 0 aromatic heterocycles. The van der Waals surface area contributed by atoms with Gasteiger partial charge >= 0.3 is 17.1 Å². The summed E-state index contributed by atoms with van der Waals surface area (Å²) in [5.41, 5.74) is 0.996. The zero-order valence-electron chi connectivity index (χ0n) is 9.71. The molecule has 2 nitrogen and oxygen atoms in total. The summed E-state index contributed by atoms with van der Waals surface area (Å²) in [6.07, 6.45) is 0. The van der Waals surface area contributed by atoms with E-state index in [0.717, 1.165) is 5.56 Å². The first-order valence-corrected chi connectivity index (χ1v) is 5.47. The first kappa shape index (κ1) is 16.3. The van der Waals surface area contributed by atoms with Gasteiger partial charge in [-0.3, -0.25) is 0 Å². The molecule has 17 heavy (non-hydrogen) atoms. The summed E-state index contributed by atoms with van der Waals surface area (Å²) in [4.78, 5) is 4.04. The van der Waals surface area contributed by atoms with Gasteiger partial charge in [0.05, 0.1) is 5.75 Å². The Balaban J connectivity index is 0.000000360. The molecule has 0 aliphatic carbocycles. The third kappa shape index (κ3) is 4.97. The Bertz CT molecular complexity index is 376. The van der Waals surface area contributed by atoms with Crippen LogP contribution in [0.15, 0.2) is 42.5 Å². The normalized spacial score (nSPS) is 9.24. The van der Waals surface area contributed by atoms with E-state index < -0.39 is 0 Å². The number of rotatable bonds is 2. The monoisotopic (exact) mass is 294 g/mol. The molecule has 0 saturated carbocycles. The average Bonchev–Trinajstić information content (AvgIpc) is 2.88. The second-order valence-electron chi connectivity index (χ2n) is 3.68. The second-order valence-corrected chi connectivity index (χ2v) is 4.05. The van der Waals surface area contributed by atoms with E-state index >= 15 is 0 Å². The SMILES string of the molecule is CC(C)c1cc[c-](OO)c1Cl.[Fe+2].c1cc[cH-]c1. The van der Waals surface area contributed by atoms with E-state index in [4.69, 9.17) is 16.9 Å². The Morgan fingerprint density at radius 1 is 1.35 bits per heavy atom. The summed E-state index contributed by atoms with van der Waals surface area (Å²) in [6, 6.07) is 13.5. The fourth-order valence-electron chi connectivity index (χ4n) is 1.29. The van der Waals surface area contributed by atoms with Crippen molar-refractivity contribution in [2.24, 2.45) is 0 Å². The Morgan fingerprint density at radius 3 is 2.18 bits per heavy atom. The zero-order chi connectivity index (χ0) is 12.0. The minimum Gasteiger partial charge on any atom is -0.402 e. The fraction of sp³-hybridized carbons (Fsp3) is 0.231. The molecule has 94 valence electrons. The van der Waals surface area contributed by atoms with Crippen molar-refractivity contribution in [2.75, 3.05) is 0 Å². The molecule has 0 aliphatic rings. The van der Waals surface area contributed by atoms with Crippen LogP contribution >= 0.6 is 11.6 Å². The van der Waals surface area contributed by atoms with E-state index in [-0.39, 0.29) is 17.1 Å². The van der Waals surface area contributed by atoms with Crippen LogP contribution in [0.2, 0.25) is 5.02 Å². The van der Waals surface area contributed by atoms with Gasteiger partial charge in [0.1, 0.15) is 0 Å². The zero-order valence-corrected chi connectivity index (χ0v) is 11.6. The topological polar surface area (TPSA) is 29.5 Å². The molecule has 0 bridgehead atoms. The summed E-state index contributed by atoms with van der Waals surface area (Å²) in [5, 5.41) is 8.83. The van der Waals surface area contributed by atoms with E-state index in [2.05, 4.69) is 4.89 Å². The van der Waals surface area contributed by atoms with Crippen LogP contribution < -0.4 is 4.89 Å². The van der Waals surface area contributed by atoms with Crippen LogP contribution in [0.5, 0.6) is 5.75 Å². The molecule has 2 aromatic rings. The Morgan fingerprint density at radius 2 is 1.94 bits per heavy atom. The quantitative estimate of drug-likeness (QED) is 0.384. The van der Waals surface area contributed by atoms with Gasteiger partial charge in [0.15, 0.2) is 0 Å². The van der Waals surface area contributed by atoms with Crippen molar-refractivity contribution >= 4 is 11.6 Å². The van der Waals surface area contributed by atoms with Gasteiger partial charge in [-0.05, 0) is 5.02 Å². The van der Waals surface area contributed by atoms with Gasteiger partial charge in [-0.25, -0.2) is 23.5 Å². The summed E-state index contributed by atoms with van der Waals surface area (Å²) in [6.45, 7) is 4.06. The van der Waals surface area contributed by atoms with Crippen molar-refractivity contribution < 1.29 is 27.2 Å². The smallest absolute Gasteiger partial charge is 0.402 e. The van der Waals surface area contributed by atoms with Crippen LogP contribution in [0.25, 0.3) is 0 Å².